The van der Waals surface area contributed by atoms with Crippen molar-refractivity contribution in [2.75, 3.05) is 27.9 Å². The van der Waals surface area contributed by atoms with Crippen LogP contribution in [0.1, 0.15) is 23.1 Å². The van der Waals surface area contributed by atoms with Gasteiger partial charge in [0.2, 0.25) is 5.75 Å². The number of rotatable bonds is 7. The van der Waals surface area contributed by atoms with Crippen molar-refractivity contribution in [1.82, 2.24) is 0 Å². The maximum absolute atomic E-state index is 10.7. The van der Waals surface area contributed by atoms with Crippen molar-refractivity contribution in [3.63, 3.8) is 0 Å². The van der Waals surface area contributed by atoms with Gasteiger partial charge in [-0.2, -0.15) is 0 Å². The molecule has 2 aromatic rings. The van der Waals surface area contributed by atoms with Crippen molar-refractivity contribution in [3.8, 4) is 28.7 Å². The molecule has 7 heteroatoms. The lowest BCUT2D eigenvalue weighted by Crippen LogP contribution is -2.15. The largest absolute Gasteiger partial charge is 0.504 e. The second-order valence-electron chi connectivity index (χ2n) is 5.44. The van der Waals surface area contributed by atoms with E-state index in [1.807, 2.05) is 0 Å². The first-order valence-corrected chi connectivity index (χ1v) is 7.57. The van der Waals surface area contributed by atoms with Crippen LogP contribution in [0.3, 0.4) is 0 Å². The van der Waals surface area contributed by atoms with Crippen LogP contribution in [0, 0.1) is 0 Å². The van der Waals surface area contributed by atoms with Crippen LogP contribution in [0.25, 0.3) is 0 Å². The minimum Gasteiger partial charge on any atom is -0.504 e. The van der Waals surface area contributed by atoms with Crippen molar-refractivity contribution < 1.29 is 34.6 Å². The van der Waals surface area contributed by atoms with Gasteiger partial charge in [0.05, 0.1) is 34.0 Å². The normalized spacial score (nSPS) is 13.2. The van der Waals surface area contributed by atoms with Crippen LogP contribution in [0.4, 0.5) is 0 Å². The molecule has 2 rings (SSSR count). The van der Waals surface area contributed by atoms with Crippen LogP contribution in [0.5, 0.6) is 28.7 Å². The molecule has 2 atom stereocenters. The second kappa shape index (κ2) is 7.96. The zero-order valence-corrected chi connectivity index (χ0v) is 14.3. The minimum atomic E-state index is -1.11. The quantitative estimate of drug-likeness (QED) is 0.604. The molecule has 136 valence electrons. The summed E-state index contributed by atoms with van der Waals surface area (Å²) < 4.78 is 15.3. The maximum atomic E-state index is 10.7. The van der Waals surface area contributed by atoms with Crippen LogP contribution < -0.4 is 14.2 Å². The number of ether oxygens (including phenoxy) is 3. The predicted octanol–water partition coefficient (Wildman–Crippen LogP) is 1.93. The smallest absolute Gasteiger partial charge is 0.200 e. The topological polar surface area (TPSA) is 109 Å². The van der Waals surface area contributed by atoms with E-state index in [9.17, 15) is 20.4 Å². The Balaban J connectivity index is 2.45. The van der Waals surface area contributed by atoms with Crippen molar-refractivity contribution in [2.45, 2.75) is 12.0 Å². The van der Waals surface area contributed by atoms with Gasteiger partial charge in [-0.15, -0.1) is 0 Å². The summed E-state index contributed by atoms with van der Waals surface area (Å²) in [6.45, 7) is -0.347. The monoisotopic (exact) mass is 350 g/mol. The Morgan fingerprint density at radius 3 is 1.84 bits per heavy atom. The molecule has 25 heavy (non-hydrogen) atoms. The average molecular weight is 350 g/mol. The first kappa shape index (κ1) is 18.7. The molecule has 0 heterocycles. The number of phenolic OH excluding ortho intramolecular Hbond substituents is 2. The van der Waals surface area contributed by atoms with Gasteiger partial charge in [0.15, 0.2) is 23.0 Å². The summed E-state index contributed by atoms with van der Waals surface area (Å²) in [4.78, 5) is 0. The summed E-state index contributed by atoms with van der Waals surface area (Å²) in [5, 5.41) is 40.2. The van der Waals surface area contributed by atoms with Gasteiger partial charge in [-0.1, -0.05) is 6.07 Å². The lowest BCUT2D eigenvalue weighted by molar-refractivity contribution is 0.106. The molecule has 7 nitrogen and oxygen atoms in total. The molecule has 0 aliphatic carbocycles. The molecule has 0 fully saturated rings. The number of aliphatic hydroxyl groups is 2. The molecule has 0 spiro atoms. The fourth-order valence-electron chi connectivity index (χ4n) is 2.63. The summed E-state index contributed by atoms with van der Waals surface area (Å²) in [6.07, 6.45) is -1.11. The van der Waals surface area contributed by atoms with Crippen LogP contribution in [-0.4, -0.2) is 48.4 Å². The van der Waals surface area contributed by atoms with E-state index in [-0.39, 0.29) is 35.4 Å². The van der Waals surface area contributed by atoms with E-state index in [1.54, 1.807) is 12.1 Å². The third-order valence-electron chi connectivity index (χ3n) is 4.05. The van der Waals surface area contributed by atoms with Crippen molar-refractivity contribution in [1.29, 1.82) is 0 Å². The highest BCUT2D eigenvalue weighted by Gasteiger charge is 2.25. The molecule has 2 aromatic carbocycles. The molecular formula is C18H22O7. The van der Waals surface area contributed by atoms with E-state index in [4.69, 9.17) is 14.2 Å². The second-order valence-corrected chi connectivity index (χ2v) is 5.44. The lowest BCUT2D eigenvalue weighted by Gasteiger charge is -2.23. The summed E-state index contributed by atoms with van der Waals surface area (Å²) in [5.74, 6) is -0.363. The van der Waals surface area contributed by atoms with Gasteiger partial charge < -0.3 is 34.6 Å². The Morgan fingerprint density at radius 2 is 1.36 bits per heavy atom. The molecule has 0 aliphatic rings. The van der Waals surface area contributed by atoms with E-state index in [2.05, 4.69) is 0 Å². The molecule has 0 saturated heterocycles. The van der Waals surface area contributed by atoms with Gasteiger partial charge in [0.25, 0.3) is 0 Å². The van der Waals surface area contributed by atoms with E-state index in [0.717, 1.165) is 0 Å². The zero-order chi connectivity index (χ0) is 18.6. The van der Waals surface area contributed by atoms with Crippen molar-refractivity contribution in [3.05, 3.63) is 41.5 Å². The third-order valence-corrected chi connectivity index (χ3v) is 4.05. The van der Waals surface area contributed by atoms with Crippen LogP contribution in [0.15, 0.2) is 30.3 Å². The molecule has 2 unspecified atom stereocenters. The summed E-state index contributed by atoms with van der Waals surface area (Å²) in [6, 6.07) is 7.53. The first-order chi connectivity index (χ1) is 12.0. The Kier molecular flexibility index (Phi) is 5.95. The first-order valence-electron chi connectivity index (χ1n) is 7.57. The third kappa shape index (κ3) is 3.72. The minimum absolute atomic E-state index is 0.0367. The zero-order valence-electron chi connectivity index (χ0n) is 14.3. The highest BCUT2D eigenvalue weighted by Crippen LogP contribution is 2.42. The van der Waals surface area contributed by atoms with Gasteiger partial charge in [0.1, 0.15) is 0 Å². The fourth-order valence-corrected chi connectivity index (χ4v) is 2.63. The number of hydrogen-bond donors (Lipinski definition) is 4. The van der Waals surface area contributed by atoms with E-state index >= 15 is 0 Å². The summed E-state index contributed by atoms with van der Waals surface area (Å²) >= 11 is 0. The highest BCUT2D eigenvalue weighted by molar-refractivity contribution is 5.53. The molecular weight excluding hydrogens is 328 g/mol. The van der Waals surface area contributed by atoms with Gasteiger partial charge in [-0.05, 0) is 35.4 Å². The Bertz CT molecular complexity index is 704. The number of phenols is 2. The average Bonchev–Trinajstić information content (AvgIpc) is 2.63. The molecule has 0 amide bonds. The maximum Gasteiger partial charge on any atom is 0.200 e. The molecule has 0 bridgehead atoms. The van der Waals surface area contributed by atoms with Crippen molar-refractivity contribution >= 4 is 0 Å². The Hall–Kier alpha value is -2.64. The van der Waals surface area contributed by atoms with Gasteiger partial charge in [-0.3, -0.25) is 0 Å². The van der Waals surface area contributed by atoms with Crippen molar-refractivity contribution in [2.24, 2.45) is 0 Å². The number of aliphatic hydroxyl groups excluding tert-OH is 2. The van der Waals surface area contributed by atoms with E-state index in [0.29, 0.717) is 11.1 Å². The highest BCUT2D eigenvalue weighted by atomic mass is 16.5. The molecule has 0 saturated carbocycles. The standard InChI is InChI=1S/C18H22O7/c1-23-14-6-10(4-5-13(14)20)12(9-19)17(21)11-7-15(24-2)18(22)16(8-11)25-3/h4-8,12,17,19-22H,9H2,1-3H3. The number of aromatic hydroxyl groups is 2. The SMILES string of the molecule is COc1cc(C(CO)C(O)c2cc(OC)c(O)c(OC)c2)ccc1O. The number of benzene rings is 2. The van der Waals surface area contributed by atoms with E-state index < -0.39 is 12.0 Å². The molecule has 4 N–H and O–H groups in total. The number of methoxy groups -OCH3 is 3. The predicted molar refractivity (Wildman–Crippen MR) is 90.7 cm³/mol. The summed E-state index contributed by atoms with van der Waals surface area (Å²) in [5.41, 5.74) is 0.980. The number of hydrogen-bond acceptors (Lipinski definition) is 7. The van der Waals surface area contributed by atoms with Gasteiger partial charge in [-0.25, -0.2) is 0 Å². The van der Waals surface area contributed by atoms with Gasteiger partial charge >= 0.3 is 0 Å². The fraction of sp³-hybridized carbons (Fsp3) is 0.333. The van der Waals surface area contributed by atoms with E-state index in [1.165, 1.54) is 39.5 Å². The molecule has 0 radical (unpaired) electrons. The summed E-state index contributed by atoms with van der Waals surface area (Å²) in [7, 11) is 4.19. The van der Waals surface area contributed by atoms with Crippen LogP contribution in [0.2, 0.25) is 0 Å². The molecule has 0 aromatic heterocycles. The van der Waals surface area contributed by atoms with Crippen LogP contribution >= 0.6 is 0 Å². The van der Waals surface area contributed by atoms with Gasteiger partial charge in [0, 0.05) is 5.92 Å². The molecule has 0 aliphatic heterocycles. The Morgan fingerprint density at radius 1 is 0.840 bits per heavy atom. The van der Waals surface area contributed by atoms with Crippen LogP contribution in [-0.2, 0) is 0 Å². The lowest BCUT2D eigenvalue weighted by atomic mass is 9.89. The Labute approximate surface area is 145 Å².